The molecule has 0 bridgehead atoms. The minimum atomic E-state index is -0.149. The van der Waals surface area contributed by atoms with Crippen LogP contribution in [0.25, 0.3) is 0 Å². The molecule has 4 nitrogen and oxygen atoms in total. The Balaban J connectivity index is 3.57. The Bertz CT molecular complexity index is 529. The maximum absolute atomic E-state index is 10.4. The first kappa shape index (κ1) is 13.0. The van der Waals surface area contributed by atoms with Crippen molar-refractivity contribution in [2.45, 2.75) is 33.1 Å². The summed E-state index contributed by atoms with van der Waals surface area (Å²) >= 11 is 0. The van der Waals surface area contributed by atoms with Crippen molar-refractivity contribution in [3.05, 3.63) is 23.3 Å². The van der Waals surface area contributed by atoms with Crippen LogP contribution in [0.1, 0.15) is 31.9 Å². The third-order valence-corrected chi connectivity index (χ3v) is 2.45. The molecule has 17 heavy (non-hydrogen) atoms. The Morgan fingerprint density at radius 3 is 2.00 bits per heavy atom. The fourth-order valence-corrected chi connectivity index (χ4v) is 1.60. The van der Waals surface area contributed by atoms with Gasteiger partial charge in [0, 0.05) is 0 Å². The van der Waals surface area contributed by atoms with E-state index in [1.54, 1.807) is 6.07 Å². The van der Waals surface area contributed by atoms with E-state index in [0.29, 0.717) is 11.4 Å². The number of carbonyl (C=O) groups excluding carboxylic acids is 2. The van der Waals surface area contributed by atoms with Crippen LogP contribution in [0.15, 0.2) is 22.1 Å². The van der Waals surface area contributed by atoms with Crippen molar-refractivity contribution in [2.24, 2.45) is 9.98 Å². The van der Waals surface area contributed by atoms with Gasteiger partial charge < -0.3 is 0 Å². The highest BCUT2D eigenvalue weighted by Crippen LogP contribution is 2.36. The second-order valence-corrected chi connectivity index (χ2v) is 4.81. The Morgan fingerprint density at radius 2 is 1.53 bits per heavy atom. The molecule has 0 aliphatic rings. The van der Waals surface area contributed by atoms with Crippen LogP contribution >= 0.6 is 0 Å². The molecule has 1 aromatic rings. The number of hydrogen-bond donors (Lipinski definition) is 0. The first-order valence-corrected chi connectivity index (χ1v) is 5.21. The molecular formula is C13H14N2O2. The zero-order valence-corrected chi connectivity index (χ0v) is 10.4. The summed E-state index contributed by atoms with van der Waals surface area (Å²) in [7, 11) is 0. The Labute approximate surface area is 100 Å². The summed E-state index contributed by atoms with van der Waals surface area (Å²) in [5, 5.41) is 0. The van der Waals surface area contributed by atoms with E-state index in [-0.39, 0.29) is 5.41 Å². The maximum atomic E-state index is 10.4. The lowest BCUT2D eigenvalue weighted by atomic mass is 9.84. The molecule has 0 atom stereocenters. The van der Waals surface area contributed by atoms with Gasteiger partial charge in [-0.1, -0.05) is 26.8 Å². The average Bonchev–Trinajstić information content (AvgIpc) is 2.21. The third-order valence-electron chi connectivity index (χ3n) is 2.45. The molecular weight excluding hydrogens is 216 g/mol. The molecule has 0 saturated heterocycles. The summed E-state index contributed by atoms with van der Waals surface area (Å²) in [5.74, 6) is 0. The second kappa shape index (κ2) is 4.88. The highest BCUT2D eigenvalue weighted by molar-refractivity contribution is 5.66. The summed E-state index contributed by atoms with van der Waals surface area (Å²) in [6.07, 6.45) is 3.01. The van der Waals surface area contributed by atoms with E-state index in [0.717, 1.165) is 11.1 Å². The predicted molar refractivity (Wildman–Crippen MR) is 65.4 cm³/mol. The van der Waals surface area contributed by atoms with Gasteiger partial charge in [-0.3, -0.25) is 0 Å². The van der Waals surface area contributed by atoms with Crippen LogP contribution in [0.3, 0.4) is 0 Å². The van der Waals surface area contributed by atoms with Crippen LogP contribution in [0.5, 0.6) is 0 Å². The number of hydrogen-bond acceptors (Lipinski definition) is 4. The molecule has 0 radical (unpaired) electrons. The molecule has 0 heterocycles. The van der Waals surface area contributed by atoms with Gasteiger partial charge in [-0.15, -0.1) is 0 Å². The molecule has 1 rings (SSSR count). The van der Waals surface area contributed by atoms with Gasteiger partial charge in [0.1, 0.15) is 0 Å². The second-order valence-electron chi connectivity index (χ2n) is 4.81. The smallest absolute Gasteiger partial charge is 0.211 e. The minimum absolute atomic E-state index is 0.149. The van der Waals surface area contributed by atoms with Gasteiger partial charge >= 0.3 is 0 Å². The monoisotopic (exact) mass is 230 g/mol. The van der Waals surface area contributed by atoms with Crippen molar-refractivity contribution in [1.29, 1.82) is 0 Å². The fourth-order valence-electron chi connectivity index (χ4n) is 1.60. The lowest BCUT2D eigenvalue weighted by Gasteiger charge is -2.21. The van der Waals surface area contributed by atoms with Gasteiger partial charge in [-0.05, 0) is 29.5 Å². The molecule has 0 fully saturated rings. The maximum Gasteiger partial charge on any atom is 0.240 e. The van der Waals surface area contributed by atoms with Crippen molar-refractivity contribution in [2.75, 3.05) is 0 Å². The Morgan fingerprint density at radius 1 is 1.00 bits per heavy atom. The highest BCUT2D eigenvalue weighted by atomic mass is 16.1. The van der Waals surface area contributed by atoms with Gasteiger partial charge in [0.05, 0.1) is 11.4 Å². The Hall–Kier alpha value is -2.02. The van der Waals surface area contributed by atoms with Gasteiger partial charge in [-0.2, -0.15) is 9.98 Å². The van der Waals surface area contributed by atoms with E-state index in [4.69, 9.17) is 0 Å². The van der Waals surface area contributed by atoms with E-state index in [2.05, 4.69) is 9.98 Å². The lowest BCUT2D eigenvalue weighted by molar-refractivity contribution is 0.564. The normalized spacial score (nSPS) is 10.4. The molecule has 0 aliphatic carbocycles. The summed E-state index contributed by atoms with van der Waals surface area (Å²) in [4.78, 5) is 27.9. The van der Waals surface area contributed by atoms with Gasteiger partial charge in [0.25, 0.3) is 0 Å². The van der Waals surface area contributed by atoms with Gasteiger partial charge in [-0.25, -0.2) is 9.59 Å². The fraction of sp³-hybridized carbons (Fsp3) is 0.385. The van der Waals surface area contributed by atoms with E-state index in [1.807, 2.05) is 33.8 Å². The predicted octanol–water partition coefficient (Wildman–Crippen LogP) is 3.23. The molecule has 0 aliphatic heterocycles. The van der Waals surface area contributed by atoms with Crippen LogP contribution in [0.2, 0.25) is 0 Å². The van der Waals surface area contributed by atoms with Gasteiger partial charge in [0.2, 0.25) is 12.2 Å². The standard InChI is InChI=1S/C13H14N2O2/c1-9-5-10(13(2,3)4)12(15-8-17)6-11(9)14-7-16/h5-6H,1-4H3. The number of aliphatic imine (C=N–C) groups is 2. The molecule has 0 amide bonds. The van der Waals surface area contributed by atoms with E-state index < -0.39 is 0 Å². The van der Waals surface area contributed by atoms with Crippen molar-refractivity contribution >= 4 is 23.5 Å². The molecule has 88 valence electrons. The van der Waals surface area contributed by atoms with Crippen LogP contribution < -0.4 is 0 Å². The van der Waals surface area contributed by atoms with Crippen molar-refractivity contribution < 1.29 is 9.59 Å². The summed E-state index contributed by atoms with van der Waals surface area (Å²) in [6.45, 7) is 7.91. The van der Waals surface area contributed by atoms with Crippen LogP contribution in [-0.4, -0.2) is 12.2 Å². The molecule has 0 unspecified atom stereocenters. The molecule has 4 heteroatoms. The van der Waals surface area contributed by atoms with Crippen LogP contribution in [0.4, 0.5) is 11.4 Å². The lowest BCUT2D eigenvalue weighted by Crippen LogP contribution is -2.11. The highest BCUT2D eigenvalue weighted by Gasteiger charge is 2.19. The number of rotatable bonds is 2. The zero-order chi connectivity index (χ0) is 13.1. The van der Waals surface area contributed by atoms with Crippen LogP contribution in [0, 0.1) is 6.92 Å². The third kappa shape index (κ3) is 2.97. The van der Waals surface area contributed by atoms with Crippen LogP contribution in [-0.2, 0) is 15.0 Å². The van der Waals surface area contributed by atoms with Gasteiger partial charge in [0.15, 0.2) is 0 Å². The number of nitrogens with zero attached hydrogens (tertiary/aromatic N) is 2. The first-order valence-electron chi connectivity index (χ1n) is 5.21. The minimum Gasteiger partial charge on any atom is -0.211 e. The van der Waals surface area contributed by atoms with E-state index in [1.165, 1.54) is 12.2 Å². The van der Waals surface area contributed by atoms with E-state index >= 15 is 0 Å². The molecule has 0 aromatic heterocycles. The molecule has 0 saturated carbocycles. The largest absolute Gasteiger partial charge is 0.240 e. The number of aryl methyl sites for hydroxylation is 1. The molecule has 1 aromatic carbocycles. The quantitative estimate of drug-likeness (QED) is 0.578. The number of benzene rings is 1. The Kier molecular flexibility index (Phi) is 3.74. The zero-order valence-electron chi connectivity index (χ0n) is 10.4. The van der Waals surface area contributed by atoms with E-state index in [9.17, 15) is 9.59 Å². The van der Waals surface area contributed by atoms with Crippen molar-refractivity contribution in [3.63, 3.8) is 0 Å². The molecule has 0 N–H and O–H groups in total. The summed E-state index contributed by atoms with van der Waals surface area (Å²) in [6, 6.07) is 3.48. The summed E-state index contributed by atoms with van der Waals surface area (Å²) < 4.78 is 0. The topological polar surface area (TPSA) is 58.9 Å². The molecule has 0 spiro atoms. The number of isocyanates is 2. The first-order chi connectivity index (χ1) is 7.90. The van der Waals surface area contributed by atoms with Crippen molar-refractivity contribution in [3.8, 4) is 0 Å². The average molecular weight is 230 g/mol. The SMILES string of the molecule is Cc1cc(C(C)(C)C)c(N=C=O)cc1N=C=O. The summed E-state index contributed by atoms with van der Waals surface area (Å²) in [5.41, 5.74) is 2.59. The van der Waals surface area contributed by atoms with Crippen molar-refractivity contribution in [1.82, 2.24) is 0 Å².